The summed E-state index contributed by atoms with van der Waals surface area (Å²) in [6.07, 6.45) is 15.9. The molecule has 1 aliphatic heterocycles. The van der Waals surface area contributed by atoms with Crippen molar-refractivity contribution in [3.05, 3.63) is 0 Å². The fourth-order valence-corrected chi connectivity index (χ4v) is 4.05. The number of nitrogens with one attached hydrogen (secondary N) is 1. The van der Waals surface area contributed by atoms with E-state index in [-0.39, 0.29) is 0 Å². The molecule has 0 spiro atoms. The Labute approximate surface area is 126 Å². The van der Waals surface area contributed by atoms with E-state index in [1.54, 1.807) is 0 Å². The Balaban J connectivity index is 1.68. The molecule has 0 amide bonds. The highest BCUT2D eigenvalue weighted by atomic mass is 16.5. The van der Waals surface area contributed by atoms with Crippen LogP contribution in [0.15, 0.2) is 0 Å². The zero-order chi connectivity index (χ0) is 14.0. The molecular formula is C18H35NO. The Morgan fingerprint density at radius 2 is 1.80 bits per heavy atom. The largest absolute Gasteiger partial charge is 0.378 e. The maximum Gasteiger partial charge on any atom is 0.0576 e. The van der Waals surface area contributed by atoms with Crippen molar-refractivity contribution in [3.8, 4) is 0 Å². The van der Waals surface area contributed by atoms with E-state index in [1.165, 1.54) is 83.7 Å². The minimum absolute atomic E-state index is 0.595. The molecule has 2 fully saturated rings. The molecule has 118 valence electrons. The van der Waals surface area contributed by atoms with Gasteiger partial charge in [0.1, 0.15) is 0 Å². The molecule has 2 heteroatoms. The lowest BCUT2D eigenvalue weighted by Gasteiger charge is -2.26. The lowest BCUT2D eigenvalue weighted by Crippen LogP contribution is -2.28. The van der Waals surface area contributed by atoms with Crippen molar-refractivity contribution in [2.45, 2.75) is 83.7 Å². The van der Waals surface area contributed by atoms with Gasteiger partial charge in [0.15, 0.2) is 0 Å². The third kappa shape index (κ3) is 5.73. The average molecular weight is 281 g/mol. The molecule has 2 nitrogen and oxygen atoms in total. The number of ether oxygens (including phenoxy) is 1. The quantitative estimate of drug-likeness (QED) is 0.521. The van der Waals surface area contributed by atoms with Crippen LogP contribution in [-0.2, 0) is 4.74 Å². The lowest BCUT2D eigenvalue weighted by atomic mass is 9.83. The summed E-state index contributed by atoms with van der Waals surface area (Å²) in [5, 5.41) is 3.67. The maximum atomic E-state index is 5.76. The highest BCUT2D eigenvalue weighted by Crippen LogP contribution is 2.32. The van der Waals surface area contributed by atoms with Gasteiger partial charge in [-0.3, -0.25) is 0 Å². The zero-order valence-electron chi connectivity index (χ0n) is 13.5. The molecule has 0 aromatic rings. The normalized spacial score (nSPS) is 31.4. The summed E-state index contributed by atoms with van der Waals surface area (Å²) in [7, 11) is 0. The Morgan fingerprint density at radius 1 is 0.950 bits per heavy atom. The molecule has 3 atom stereocenters. The van der Waals surface area contributed by atoms with E-state index < -0.39 is 0 Å². The van der Waals surface area contributed by atoms with Gasteiger partial charge in [-0.05, 0) is 57.0 Å². The van der Waals surface area contributed by atoms with Crippen LogP contribution >= 0.6 is 0 Å². The summed E-state index contributed by atoms with van der Waals surface area (Å²) in [4.78, 5) is 0. The van der Waals surface area contributed by atoms with Crippen molar-refractivity contribution in [3.63, 3.8) is 0 Å². The second-order valence-corrected chi connectivity index (χ2v) is 6.93. The highest BCUT2D eigenvalue weighted by Gasteiger charge is 2.24. The van der Waals surface area contributed by atoms with Crippen molar-refractivity contribution in [2.75, 3.05) is 19.7 Å². The Morgan fingerprint density at radius 3 is 2.55 bits per heavy atom. The first-order chi connectivity index (χ1) is 9.90. The fourth-order valence-electron chi connectivity index (χ4n) is 4.05. The average Bonchev–Trinajstić information content (AvgIpc) is 2.87. The summed E-state index contributed by atoms with van der Waals surface area (Å²) in [6, 6.07) is 0. The molecule has 3 unspecified atom stereocenters. The standard InChI is InChI=1S/C18H35NO/c1-2-13-19-15-17-9-5-3-4-8-16(17)10-6-11-18-12-7-14-20-18/h16-19H,2-15H2,1H3. The monoisotopic (exact) mass is 281 g/mol. The van der Waals surface area contributed by atoms with E-state index in [0.717, 1.165) is 18.4 Å². The van der Waals surface area contributed by atoms with Crippen LogP contribution in [0.2, 0.25) is 0 Å². The molecule has 1 N–H and O–H groups in total. The van der Waals surface area contributed by atoms with Crippen molar-refractivity contribution in [1.82, 2.24) is 5.32 Å². The van der Waals surface area contributed by atoms with E-state index >= 15 is 0 Å². The summed E-state index contributed by atoms with van der Waals surface area (Å²) < 4.78 is 5.76. The van der Waals surface area contributed by atoms with Gasteiger partial charge in [-0.15, -0.1) is 0 Å². The second kappa shape index (κ2) is 9.78. The van der Waals surface area contributed by atoms with Crippen LogP contribution in [-0.4, -0.2) is 25.8 Å². The molecule has 1 heterocycles. The van der Waals surface area contributed by atoms with Crippen molar-refractivity contribution in [2.24, 2.45) is 11.8 Å². The predicted octanol–water partition coefficient (Wildman–Crippen LogP) is 4.53. The van der Waals surface area contributed by atoms with Crippen LogP contribution in [0.1, 0.15) is 77.6 Å². The molecule has 1 saturated heterocycles. The smallest absolute Gasteiger partial charge is 0.0576 e. The second-order valence-electron chi connectivity index (χ2n) is 6.93. The number of rotatable bonds is 8. The van der Waals surface area contributed by atoms with Gasteiger partial charge in [0.25, 0.3) is 0 Å². The van der Waals surface area contributed by atoms with Gasteiger partial charge < -0.3 is 10.1 Å². The highest BCUT2D eigenvalue weighted by molar-refractivity contribution is 4.77. The van der Waals surface area contributed by atoms with Crippen molar-refractivity contribution in [1.29, 1.82) is 0 Å². The van der Waals surface area contributed by atoms with E-state index in [1.807, 2.05) is 0 Å². The molecule has 20 heavy (non-hydrogen) atoms. The first-order valence-corrected chi connectivity index (χ1v) is 9.22. The third-order valence-electron chi connectivity index (χ3n) is 5.27. The van der Waals surface area contributed by atoms with Gasteiger partial charge >= 0.3 is 0 Å². The molecule has 0 aromatic carbocycles. The molecule has 0 radical (unpaired) electrons. The molecule has 1 saturated carbocycles. The van der Waals surface area contributed by atoms with E-state index in [9.17, 15) is 0 Å². The van der Waals surface area contributed by atoms with Crippen LogP contribution in [0.4, 0.5) is 0 Å². The van der Waals surface area contributed by atoms with Gasteiger partial charge in [-0.2, -0.15) is 0 Å². The van der Waals surface area contributed by atoms with E-state index in [4.69, 9.17) is 4.74 Å². The fraction of sp³-hybridized carbons (Fsp3) is 1.00. The Bertz CT molecular complexity index is 238. The summed E-state index contributed by atoms with van der Waals surface area (Å²) in [5.74, 6) is 1.91. The molecule has 1 aliphatic carbocycles. The van der Waals surface area contributed by atoms with Crippen LogP contribution in [0.3, 0.4) is 0 Å². The maximum absolute atomic E-state index is 5.76. The van der Waals surface area contributed by atoms with Gasteiger partial charge in [-0.1, -0.05) is 45.4 Å². The van der Waals surface area contributed by atoms with Crippen molar-refractivity contribution < 1.29 is 4.74 Å². The molecular weight excluding hydrogens is 246 g/mol. The summed E-state index contributed by atoms with van der Waals surface area (Å²) >= 11 is 0. The van der Waals surface area contributed by atoms with Gasteiger partial charge in [0, 0.05) is 6.61 Å². The SMILES string of the molecule is CCCNCC1CCCCCC1CCCC1CCCO1. The number of hydrogen-bond donors (Lipinski definition) is 1. The van der Waals surface area contributed by atoms with E-state index in [0.29, 0.717) is 6.10 Å². The Kier molecular flexibility index (Phi) is 7.97. The minimum Gasteiger partial charge on any atom is -0.378 e. The first-order valence-electron chi connectivity index (χ1n) is 9.22. The molecule has 2 rings (SSSR count). The minimum atomic E-state index is 0.595. The zero-order valence-corrected chi connectivity index (χ0v) is 13.5. The first kappa shape index (κ1) is 16.3. The third-order valence-corrected chi connectivity index (χ3v) is 5.27. The molecule has 0 bridgehead atoms. The topological polar surface area (TPSA) is 21.3 Å². The lowest BCUT2D eigenvalue weighted by molar-refractivity contribution is 0.0992. The van der Waals surface area contributed by atoms with E-state index in [2.05, 4.69) is 12.2 Å². The van der Waals surface area contributed by atoms with Gasteiger partial charge in [-0.25, -0.2) is 0 Å². The van der Waals surface area contributed by atoms with Gasteiger partial charge in [0.05, 0.1) is 6.10 Å². The molecule has 2 aliphatic rings. The van der Waals surface area contributed by atoms with Crippen LogP contribution in [0, 0.1) is 11.8 Å². The summed E-state index contributed by atoms with van der Waals surface area (Å²) in [6.45, 7) is 5.73. The molecule has 0 aromatic heterocycles. The number of hydrogen-bond acceptors (Lipinski definition) is 2. The Hall–Kier alpha value is -0.0800. The van der Waals surface area contributed by atoms with Crippen LogP contribution in [0.5, 0.6) is 0 Å². The van der Waals surface area contributed by atoms with Gasteiger partial charge in [0.2, 0.25) is 0 Å². The predicted molar refractivity (Wildman–Crippen MR) is 86.1 cm³/mol. The summed E-state index contributed by atoms with van der Waals surface area (Å²) in [5.41, 5.74) is 0. The van der Waals surface area contributed by atoms with Crippen molar-refractivity contribution >= 4 is 0 Å². The van der Waals surface area contributed by atoms with Crippen LogP contribution < -0.4 is 5.32 Å². The van der Waals surface area contributed by atoms with Crippen LogP contribution in [0.25, 0.3) is 0 Å².